The highest BCUT2D eigenvalue weighted by Crippen LogP contribution is 2.17. The molecule has 3 aliphatic heterocycles. The Balaban J connectivity index is 0.000000500. The molecular weight excluding hydrogens is 150 g/mol. The van der Waals surface area contributed by atoms with Crippen molar-refractivity contribution in [2.24, 2.45) is 5.92 Å². The third-order valence-corrected chi connectivity index (χ3v) is 2.78. The normalized spacial score (nSPS) is 44.7. The number of rotatable bonds is 0. The molecule has 3 heterocycles. The molecule has 2 nitrogen and oxygen atoms in total. The lowest BCUT2D eigenvalue weighted by atomic mass is 9.86. The smallest absolute Gasteiger partial charge is 0.106 e. The summed E-state index contributed by atoms with van der Waals surface area (Å²) in [5.41, 5.74) is 0. The van der Waals surface area contributed by atoms with Crippen LogP contribution in [0.4, 0.5) is 0 Å². The average Bonchev–Trinajstić information content (AvgIpc) is 1.90. The summed E-state index contributed by atoms with van der Waals surface area (Å²) in [5.74, 6) is 0.655. The molecule has 0 aliphatic carbocycles. The maximum atomic E-state index is 9.38. The van der Waals surface area contributed by atoms with Gasteiger partial charge in [-0.3, -0.25) is 0 Å². The first-order valence-corrected chi connectivity index (χ1v) is 3.88. The molecule has 3 aliphatic rings. The molecule has 3 fully saturated rings. The highest BCUT2D eigenvalue weighted by molar-refractivity contribution is 4.74. The van der Waals surface area contributed by atoms with Crippen LogP contribution in [-0.4, -0.2) is 30.8 Å². The number of quaternary nitrogens is 1. The fraction of sp³-hybridized carbons (Fsp3) is 1.00. The second kappa shape index (κ2) is 3.07. The van der Waals surface area contributed by atoms with Crippen LogP contribution in [0.15, 0.2) is 0 Å². The predicted molar refractivity (Wildman–Crippen MR) is 34.3 cm³/mol. The lowest BCUT2D eigenvalue weighted by molar-refractivity contribution is -0.920. The fourth-order valence-electron chi connectivity index (χ4n) is 2.10. The molecule has 3 rings (SSSR count). The van der Waals surface area contributed by atoms with Crippen LogP contribution in [-0.2, 0) is 0 Å². The molecular formula is C7H14ClNO. The van der Waals surface area contributed by atoms with E-state index in [9.17, 15) is 5.11 Å². The number of piperidine rings is 3. The van der Waals surface area contributed by atoms with Gasteiger partial charge in [0.15, 0.2) is 0 Å². The first kappa shape index (κ1) is 8.31. The van der Waals surface area contributed by atoms with Crippen LogP contribution in [0.25, 0.3) is 0 Å². The van der Waals surface area contributed by atoms with Gasteiger partial charge in [0.25, 0.3) is 0 Å². The zero-order chi connectivity index (χ0) is 6.27. The van der Waals surface area contributed by atoms with Crippen molar-refractivity contribution in [1.29, 1.82) is 0 Å². The van der Waals surface area contributed by atoms with Gasteiger partial charge in [0, 0.05) is 18.8 Å². The number of hydrogen-bond acceptors (Lipinski definition) is 1. The van der Waals surface area contributed by atoms with Crippen LogP contribution >= 0.6 is 0 Å². The van der Waals surface area contributed by atoms with E-state index in [-0.39, 0.29) is 18.5 Å². The lowest BCUT2D eigenvalue weighted by Gasteiger charge is -2.39. The minimum Gasteiger partial charge on any atom is -1.00 e. The van der Waals surface area contributed by atoms with E-state index < -0.39 is 0 Å². The Labute approximate surface area is 67.6 Å². The van der Waals surface area contributed by atoms with Gasteiger partial charge in [-0.1, -0.05) is 0 Å². The average molecular weight is 164 g/mol. The van der Waals surface area contributed by atoms with Crippen LogP contribution in [0.1, 0.15) is 12.8 Å². The van der Waals surface area contributed by atoms with Crippen molar-refractivity contribution >= 4 is 0 Å². The topological polar surface area (TPSA) is 24.7 Å². The van der Waals surface area contributed by atoms with Crippen LogP contribution in [0.5, 0.6) is 0 Å². The Morgan fingerprint density at radius 3 is 2.00 bits per heavy atom. The second-order valence-corrected chi connectivity index (χ2v) is 3.36. The fourth-order valence-corrected chi connectivity index (χ4v) is 2.10. The molecule has 3 heteroatoms. The molecule has 2 N–H and O–H groups in total. The Morgan fingerprint density at radius 2 is 1.80 bits per heavy atom. The minimum absolute atomic E-state index is 0. The number of nitrogens with one attached hydrogen (secondary N) is 1. The zero-order valence-electron chi connectivity index (χ0n) is 6.02. The van der Waals surface area contributed by atoms with Gasteiger partial charge in [0.1, 0.15) is 12.6 Å². The van der Waals surface area contributed by atoms with Gasteiger partial charge in [-0.15, -0.1) is 0 Å². The molecule has 0 aromatic carbocycles. The van der Waals surface area contributed by atoms with Gasteiger partial charge < -0.3 is 22.4 Å². The summed E-state index contributed by atoms with van der Waals surface area (Å²) >= 11 is 0. The molecule has 60 valence electrons. The Morgan fingerprint density at radius 1 is 1.20 bits per heavy atom. The SMILES string of the molecule is O[C@H]1C[NH+]2CCC1CC2.[Cl-]. The van der Waals surface area contributed by atoms with Gasteiger partial charge in [-0.25, -0.2) is 0 Å². The summed E-state index contributed by atoms with van der Waals surface area (Å²) < 4.78 is 0. The lowest BCUT2D eigenvalue weighted by Crippen LogP contribution is -3.16. The van der Waals surface area contributed by atoms with Crippen molar-refractivity contribution in [3.63, 3.8) is 0 Å². The van der Waals surface area contributed by atoms with Gasteiger partial charge in [0.2, 0.25) is 0 Å². The summed E-state index contributed by atoms with van der Waals surface area (Å²) in [7, 11) is 0. The van der Waals surface area contributed by atoms with Crippen LogP contribution in [0, 0.1) is 5.92 Å². The largest absolute Gasteiger partial charge is 1.00 e. The van der Waals surface area contributed by atoms with Crippen molar-refractivity contribution in [2.45, 2.75) is 18.9 Å². The summed E-state index contributed by atoms with van der Waals surface area (Å²) in [6.45, 7) is 3.63. The Kier molecular flexibility index (Phi) is 2.55. The third-order valence-electron chi connectivity index (χ3n) is 2.78. The van der Waals surface area contributed by atoms with Gasteiger partial charge in [-0.2, -0.15) is 0 Å². The van der Waals surface area contributed by atoms with Gasteiger partial charge >= 0.3 is 0 Å². The number of aliphatic hydroxyl groups is 1. The summed E-state index contributed by atoms with van der Waals surface area (Å²) in [4.78, 5) is 1.62. The highest BCUT2D eigenvalue weighted by Gasteiger charge is 2.35. The van der Waals surface area contributed by atoms with E-state index in [2.05, 4.69) is 0 Å². The Hall–Kier alpha value is 0.210. The molecule has 0 aromatic heterocycles. The number of fused-ring (bicyclic) bond motifs is 3. The van der Waals surface area contributed by atoms with Crippen molar-refractivity contribution in [1.82, 2.24) is 0 Å². The van der Waals surface area contributed by atoms with E-state index in [4.69, 9.17) is 0 Å². The monoisotopic (exact) mass is 163 g/mol. The van der Waals surface area contributed by atoms with E-state index in [1.54, 1.807) is 4.90 Å². The third kappa shape index (κ3) is 1.29. The van der Waals surface area contributed by atoms with E-state index in [1.165, 1.54) is 25.9 Å². The predicted octanol–water partition coefficient (Wildman–Crippen LogP) is -4.34. The minimum atomic E-state index is 0. The molecule has 0 radical (unpaired) electrons. The molecule has 2 bridgehead atoms. The molecule has 10 heavy (non-hydrogen) atoms. The number of hydrogen-bond donors (Lipinski definition) is 2. The van der Waals surface area contributed by atoms with Crippen LogP contribution in [0.2, 0.25) is 0 Å². The maximum absolute atomic E-state index is 9.38. The number of aliphatic hydroxyl groups excluding tert-OH is 1. The van der Waals surface area contributed by atoms with Crippen molar-refractivity contribution in [3.05, 3.63) is 0 Å². The van der Waals surface area contributed by atoms with E-state index in [1.807, 2.05) is 0 Å². The quantitative estimate of drug-likeness (QED) is 0.371. The van der Waals surface area contributed by atoms with Gasteiger partial charge in [0.05, 0.1) is 13.1 Å². The van der Waals surface area contributed by atoms with Crippen molar-refractivity contribution in [2.75, 3.05) is 19.6 Å². The summed E-state index contributed by atoms with van der Waals surface area (Å²) in [5, 5.41) is 9.38. The van der Waals surface area contributed by atoms with Crippen molar-refractivity contribution in [3.8, 4) is 0 Å². The van der Waals surface area contributed by atoms with Crippen LogP contribution in [0.3, 0.4) is 0 Å². The summed E-state index contributed by atoms with van der Waals surface area (Å²) in [6, 6.07) is 0. The summed E-state index contributed by atoms with van der Waals surface area (Å²) in [6.07, 6.45) is 2.55. The van der Waals surface area contributed by atoms with Gasteiger partial charge in [-0.05, 0) is 0 Å². The maximum Gasteiger partial charge on any atom is 0.106 e. The molecule has 1 atom stereocenters. The van der Waals surface area contributed by atoms with E-state index in [0.717, 1.165) is 6.54 Å². The molecule has 0 unspecified atom stereocenters. The first-order chi connectivity index (χ1) is 4.36. The second-order valence-electron chi connectivity index (χ2n) is 3.36. The van der Waals surface area contributed by atoms with Crippen LogP contribution < -0.4 is 17.3 Å². The Bertz CT molecular complexity index is 112. The highest BCUT2D eigenvalue weighted by atomic mass is 35.5. The number of halogens is 1. The van der Waals surface area contributed by atoms with E-state index >= 15 is 0 Å². The first-order valence-electron chi connectivity index (χ1n) is 3.88. The molecule has 0 saturated carbocycles. The molecule has 0 spiro atoms. The van der Waals surface area contributed by atoms with E-state index in [0.29, 0.717) is 5.92 Å². The molecule has 3 saturated heterocycles. The molecule has 0 amide bonds. The zero-order valence-corrected chi connectivity index (χ0v) is 6.77. The molecule has 0 aromatic rings. The standard InChI is InChI=1S/C7H13NO.ClH/c9-7-5-8-3-1-6(7)2-4-8;/h6-7,9H,1-5H2;1H/t7-;/m0./s1. The van der Waals surface area contributed by atoms with Crippen molar-refractivity contribution < 1.29 is 22.4 Å².